The summed E-state index contributed by atoms with van der Waals surface area (Å²) >= 11 is 0. The number of hydrogen-bond acceptors (Lipinski definition) is 2. The summed E-state index contributed by atoms with van der Waals surface area (Å²) in [5, 5.41) is 9.61. The van der Waals surface area contributed by atoms with Crippen molar-refractivity contribution in [3.8, 4) is 22.6 Å². The third-order valence-electron chi connectivity index (χ3n) is 2.73. The molecule has 0 saturated heterocycles. The van der Waals surface area contributed by atoms with Gasteiger partial charge in [0.25, 0.3) is 0 Å². The summed E-state index contributed by atoms with van der Waals surface area (Å²) in [6, 6.07) is 9.36. The number of alkyl halides is 3. The molecule has 0 fully saturated rings. The summed E-state index contributed by atoms with van der Waals surface area (Å²) < 4.78 is 43.3. The molecule has 0 aliphatic rings. The van der Waals surface area contributed by atoms with E-state index in [4.69, 9.17) is 4.74 Å². The molecule has 0 amide bonds. The maximum atomic E-state index is 12.7. The van der Waals surface area contributed by atoms with Crippen LogP contribution in [0.25, 0.3) is 11.1 Å². The Morgan fingerprint density at radius 2 is 1.80 bits per heavy atom. The van der Waals surface area contributed by atoms with Crippen molar-refractivity contribution in [2.75, 3.05) is 6.61 Å². The van der Waals surface area contributed by atoms with Crippen LogP contribution in [0.2, 0.25) is 0 Å². The SMILES string of the molecule is CCOc1cc(O)cc(-c2cccc(C(F)(F)F)c2)c1. The fourth-order valence-corrected chi connectivity index (χ4v) is 1.88. The predicted octanol–water partition coefficient (Wildman–Crippen LogP) is 4.48. The van der Waals surface area contributed by atoms with Crippen LogP contribution in [0.3, 0.4) is 0 Å². The lowest BCUT2D eigenvalue weighted by Crippen LogP contribution is -2.04. The van der Waals surface area contributed by atoms with E-state index >= 15 is 0 Å². The summed E-state index contributed by atoms with van der Waals surface area (Å²) in [6.07, 6.45) is -4.39. The van der Waals surface area contributed by atoms with Gasteiger partial charge >= 0.3 is 6.18 Å². The largest absolute Gasteiger partial charge is 0.508 e. The molecular weight excluding hydrogens is 269 g/mol. The molecule has 0 aliphatic heterocycles. The average molecular weight is 282 g/mol. The van der Waals surface area contributed by atoms with Crippen molar-refractivity contribution in [1.29, 1.82) is 0 Å². The highest BCUT2D eigenvalue weighted by molar-refractivity contribution is 5.68. The molecule has 0 spiro atoms. The summed E-state index contributed by atoms with van der Waals surface area (Å²) in [4.78, 5) is 0. The van der Waals surface area contributed by atoms with Crippen molar-refractivity contribution < 1.29 is 23.0 Å². The van der Waals surface area contributed by atoms with E-state index in [1.54, 1.807) is 19.1 Å². The molecule has 2 nitrogen and oxygen atoms in total. The number of aromatic hydroxyl groups is 1. The Morgan fingerprint density at radius 1 is 1.05 bits per heavy atom. The second-order valence-electron chi connectivity index (χ2n) is 4.23. The molecule has 5 heteroatoms. The monoisotopic (exact) mass is 282 g/mol. The normalized spacial score (nSPS) is 11.4. The van der Waals surface area contributed by atoms with E-state index in [0.29, 0.717) is 23.5 Å². The Bertz CT molecular complexity index is 606. The molecule has 0 bridgehead atoms. The third-order valence-corrected chi connectivity index (χ3v) is 2.73. The molecule has 106 valence electrons. The second-order valence-corrected chi connectivity index (χ2v) is 4.23. The first-order valence-corrected chi connectivity index (χ1v) is 6.04. The summed E-state index contributed by atoms with van der Waals surface area (Å²) in [5.41, 5.74) is 0.118. The molecule has 1 N–H and O–H groups in total. The first kappa shape index (κ1) is 14.2. The van der Waals surface area contributed by atoms with Gasteiger partial charge in [-0.1, -0.05) is 12.1 Å². The van der Waals surface area contributed by atoms with Gasteiger partial charge in [-0.15, -0.1) is 0 Å². The molecule has 0 radical (unpaired) electrons. The van der Waals surface area contributed by atoms with Gasteiger partial charge in [-0.3, -0.25) is 0 Å². The first-order chi connectivity index (χ1) is 9.40. The zero-order valence-corrected chi connectivity index (χ0v) is 10.7. The Morgan fingerprint density at radius 3 is 2.45 bits per heavy atom. The van der Waals surface area contributed by atoms with Gasteiger partial charge in [-0.05, 0) is 42.3 Å². The van der Waals surface area contributed by atoms with Gasteiger partial charge in [0.1, 0.15) is 11.5 Å². The molecule has 20 heavy (non-hydrogen) atoms. The molecule has 2 rings (SSSR count). The molecular formula is C15H13F3O2. The van der Waals surface area contributed by atoms with Gasteiger partial charge in [0.15, 0.2) is 0 Å². The first-order valence-electron chi connectivity index (χ1n) is 6.04. The fraction of sp³-hybridized carbons (Fsp3) is 0.200. The molecule has 0 aromatic heterocycles. The van der Waals surface area contributed by atoms with Gasteiger partial charge < -0.3 is 9.84 Å². The quantitative estimate of drug-likeness (QED) is 0.899. The molecule has 0 atom stereocenters. The van der Waals surface area contributed by atoms with Crippen LogP contribution >= 0.6 is 0 Å². The minimum Gasteiger partial charge on any atom is -0.508 e. The zero-order chi connectivity index (χ0) is 14.8. The number of rotatable bonds is 3. The van der Waals surface area contributed by atoms with E-state index < -0.39 is 11.7 Å². The second kappa shape index (κ2) is 5.45. The number of phenols is 1. The van der Waals surface area contributed by atoms with Gasteiger partial charge in [-0.25, -0.2) is 0 Å². The fourth-order valence-electron chi connectivity index (χ4n) is 1.88. The van der Waals surface area contributed by atoms with Crippen molar-refractivity contribution in [2.45, 2.75) is 13.1 Å². The van der Waals surface area contributed by atoms with Crippen LogP contribution in [0.15, 0.2) is 42.5 Å². The minimum absolute atomic E-state index is 0.0524. The maximum absolute atomic E-state index is 12.7. The highest BCUT2D eigenvalue weighted by atomic mass is 19.4. The highest BCUT2D eigenvalue weighted by Gasteiger charge is 2.30. The summed E-state index contributed by atoms with van der Waals surface area (Å²) in [6.45, 7) is 2.19. The Hall–Kier alpha value is -2.17. The smallest absolute Gasteiger partial charge is 0.416 e. The number of hydrogen-bond donors (Lipinski definition) is 1. The standard InChI is InChI=1S/C15H13F3O2/c1-2-20-14-8-11(7-13(19)9-14)10-4-3-5-12(6-10)15(16,17)18/h3-9,19H,2H2,1H3. The van der Waals surface area contributed by atoms with E-state index in [2.05, 4.69) is 0 Å². The van der Waals surface area contributed by atoms with E-state index in [1.807, 2.05) is 0 Å². The van der Waals surface area contributed by atoms with Crippen LogP contribution in [-0.2, 0) is 6.18 Å². The Balaban J connectivity index is 2.46. The summed E-state index contributed by atoms with van der Waals surface area (Å²) in [5.74, 6) is 0.364. The van der Waals surface area contributed by atoms with Crippen molar-refractivity contribution in [1.82, 2.24) is 0 Å². The van der Waals surface area contributed by atoms with Crippen molar-refractivity contribution in [3.63, 3.8) is 0 Å². The molecule has 2 aromatic carbocycles. The number of ether oxygens (including phenoxy) is 1. The molecule has 0 saturated carbocycles. The van der Waals surface area contributed by atoms with Crippen LogP contribution in [0.5, 0.6) is 11.5 Å². The minimum atomic E-state index is -4.39. The lowest BCUT2D eigenvalue weighted by molar-refractivity contribution is -0.137. The molecule has 0 aliphatic carbocycles. The van der Waals surface area contributed by atoms with Crippen molar-refractivity contribution >= 4 is 0 Å². The van der Waals surface area contributed by atoms with Crippen LogP contribution in [0.1, 0.15) is 12.5 Å². The van der Waals surface area contributed by atoms with Crippen LogP contribution in [0, 0.1) is 0 Å². The lowest BCUT2D eigenvalue weighted by atomic mass is 10.0. The maximum Gasteiger partial charge on any atom is 0.416 e. The highest BCUT2D eigenvalue weighted by Crippen LogP contribution is 2.34. The molecule has 0 unspecified atom stereocenters. The van der Waals surface area contributed by atoms with Crippen LogP contribution < -0.4 is 4.74 Å². The predicted molar refractivity (Wildman–Crippen MR) is 69.7 cm³/mol. The van der Waals surface area contributed by atoms with Crippen molar-refractivity contribution in [2.24, 2.45) is 0 Å². The van der Waals surface area contributed by atoms with Gasteiger partial charge in [0, 0.05) is 6.07 Å². The Labute approximate surface area is 114 Å². The number of halogens is 3. The number of benzene rings is 2. The Kier molecular flexibility index (Phi) is 3.88. The van der Waals surface area contributed by atoms with Crippen LogP contribution in [-0.4, -0.2) is 11.7 Å². The zero-order valence-electron chi connectivity index (χ0n) is 10.7. The van der Waals surface area contributed by atoms with Crippen molar-refractivity contribution in [3.05, 3.63) is 48.0 Å². The van der Waals surface area contributed by atoms with E-state index in [0.717, 1.165) is 12.1 Å². The third kappa shape index (κ3) is 3.23. The van der Waals surface area contributed by atoms with Gasteiger partial charge in [0.05, 0.1) is 12.2 Å². The van der Waals surface area contributed by atoms with E-state index in [1.165, 1.54) is 18.2 Å². The summed E-state index contributed by atoms with van der Waals surface area (Å²) in [7, 11) is 0. The average Bonchev–Trinajstić information content (AvgIpc) is 2.37. The van der Waals surface area contributed by atoms with Gasteiger partial charge in [0.2, 0.25) is 0 Å². The topological polar surface area (TPSA) is 29.5 Å². The number of phenolic OH excluding ortho intramolecular Hbond substituents is 1. The van der Waals surface area contributed by atoms with Crippen LogP contribution in [0.4, 0.5) is 13.2 Å². The van der Waals surface area contributed by atoms with E-state index in [-0.39, 0.29) is 5.75 Å². The molecule has 0 heterocycles. The van der Waals surface area contributed by atoms with Gasteiger partial charge in [-0.2, -0.15) is 13.2 Å². The van der Waals surface area contributed by atoms with E-state index in [9.17, 15) is 18.3 Å². The lowest BCUT2D eigenvalue weighted by Gasteiger charge is -2.10. The molecule has 2 aromatic rings.